The van der Waals surface area contributed by atoms with Gasteiger partial charge in [-0.25, -0.2) is 8.78 Å². The van der Waals surface area contributed by atoms with E-state index < -0.39 is 17.6 Å². The third-order valence-corrected chi connectivity index (χ3v) is 3.46. The molecule has 0 saturated heterocycles. The number of thiocarbonyl (C=S) groups is 1. The number of amides is 2. The van der Waals surface area contributed by atoms with E-state index in [1.807, 2.05) is 0 Å². The summed E-state index contributed by atoms with van der Waals surface area (Å²) in [6, 6.07) is 11.3. The maximum atomic E-state index is 13.4. The molecular weight excluding hydrogens is 362 g/mol. The van der Waals surface area contributed by atoms with Crippen LogP contribution in [0.5, 0.6) is 0 Å². The van der Waals surface area contributed by atoms with E-state index in [0.717, 1.165) is 11.6 Å². The first kappa shape index (κ1) is 19.3. The lowest BCUT2D eigenvalue weighted by Crippen LogP contribution is -2.49. The fourth-order valence-corrected chi connectivity index (χ4v) is 2.02. The standard InChI is InChI=1S/C17H16F2N4O2S/c18-12-7-5-11(6-8-12)9-21-17(26)23-22-15(24)10-20-16(25)13-3-1-2-4-14(13)19/h1-8H,9-10H2,(H,20,25)(H,22,24)(H2,21,23,26). The number of rotatable bonds is 5. The molecule has 0 aromatic heterocycles. The summed E-state index contributed by atoms with van der Waals surface area (Å²) in [7, 11) is 0. The average molecular weight is 378 g/mol. The first-order valence-electron chi connectivity index (χ1n) is 7.55. The van der Waals surface area contributed by atoms with Crippen LogP contribution in [0.15, 0.2) is 48.5 Å². The third-order valence-electron chi connectivity index (χ3n) is 3.21. The van der Waals surface area contributed by atoms with Crippen molar-refractivity contribution < 1.29 is 18.4 Å². The molecule has 4 N–H and O–H groups in total. The number of benzene rings is 2. The zero-order chi connectivity index (χ0) is 18.9. The molecule has 2 aromatic rings. The SMILES string of the molecule is O=C(CNC(=O)c1ccccc1F)NNC(=S)NCc1ccc(F)cc1. The van der Waals surface area contributed by atoms with Crippen LogP contribution >= 0.6 is 12.2 Å². The number of carbonyl (C=O) groups excluding carboxylic acids is 2. The van der Waals surface area contributed by atoms with Crippen LogP contribution in [0.2, 0.25) is 0 Å². The highest BCUT2D eigenvalue weighted by atomic mass is 32.1. The molecule has 0 spiro atoms. The molecule has 0 atom stereocenters. The molecule has 2 amide bonds. The first-order valence-corrected chi connectivity index (χ1v) is 7.96. The monoisotopic (exact) mass is 378 g/mol. The molecule has 6 nitrogen and oxygen atoms in total. The van der Waals surface area contributed by atoms with E-state index in [0.29, 0.717) is 6.54 Å². The van der Waals surface area contributed by atoms with Gasteiger partial charge in [0.15, 0.2) is 5.11 Å². The van der Waals surface area contributed by atoms with E-state index in [2.05, 4.69) is 21.5 Å². The molecule has 0 radical (unpaired) electrons. The van der Waals surface area contributed by atoms with Crippen LogP contribution in [0.3, 0.4) is 0 Å². The number of hydrogen-bond acceptors (Lipinski definition) is 3. The normalized spacial score (nSPS) is 9.92. The summed E-state index contributed by atoms with van der Waals surface area (Å²) in [6.45, 7) is -0.0211. The van der Waals surface area contributed by atoms with Crippen molar-refractivity contribution in [3.63, 3.8) is 0 Å². The molecule has 0 aliphatic heterocycles. The van der Waals surface area contributed by atoms with Crippen molar-refractivity contribution in [2.75, 3.05) is 6.54 Å². The van der Waals surface area contributed by atoms with Crippen molar-refractivity contribution in [3.05, 3.63) is 71.3 Å². The van der Waals surface area contributed by atoms with Crippen molar-refractivity contribution in [2.45, 2.75) is 6.54 Å². The van der Waals surface area contributed by atoms with Gasteiger partial charge in [0.2, 0.25) is 0 Å². The Kier molecular flexibility index (Phi) is 6.98. The third kappa shape index (κ3) is 6.10. The zero-order valence-corrected chi connectivity index (χ0v) is 14.3. The summed E-state index contributed by atoms with van der Waals surface area (Å²) in [5.41, 5.74) is 5.40. The van der Waals surface area contributed by atoms with Crippen LogP contribution in [0, 0.1) is 11.6 Å². The largest absolute Gasteiger partial charge is 0.357 e. The molecule has 2 rings (SSSR count). The Labute approximate surface area is 153 Å². The fraction of sp³-hybridized carbons (Fsp3) is 0.118. The Balaban J connectivity index is 1.68. The quantitative estimate of drug-likeness (QED) is 0.467. The van der Waals surface area contributed by atoms with E-state index in [1.165, 1.54) is 30.3 Å². The van der Waals surface area contributed by atoms with E-state index in [-0.39, 0.29) is 23.0 Å². The number of carbonyl (C=O) groups is 2. The van der Waals surface area contributed by atoms with Gasteiger partial charge in [0.1, 0.15) is 11.6 Å². The second-order valence-electron chi connectivity index (χ2n) is 5.14. The molecule has 136 valence electrons. The van der Waals surface area contributed by atoms with Crippen molar-refractivity contribution in [3.8, 4) is 0 Å². The molecule has 0 bridgehead atoms. The molecule has 0 unspecified atom stereocenters. The summed E-state index contributed by atoms with van der Waals surface area (Å²) < 4.78 is 26.2. The number of hydrazine groups is 1. The van der Waals surface area contributed by atoms with Crippen molar-refractivity contribution in [1.29, 1.82) is 0 Å². The Morgan fingerprint density at radius 3 is 2.31 bits per heavy atom. The molecule has 0 saturated carbocycles. The molecule has 0 fully saturated rings. The highest BCUT2D eigenvalue weighted by Gasteiger charge is 2.11. The summed E-state index contributed by atoms with van der Waals surface area (Å²) in [5.74, 6) is -2.27. The predicted molar refractivity (Wildman–Crippen MR) is 95.8 cm³/mol. The predicted octanol–water partition coefficient (Wildman–Crippen LogP) is 1.39. The number of halogens is 2. The molecule has 0 aliphatic rings. The van der Waals surface area contributed by atoms with E-state index in [9.17, 15) is 18.4 Å². The zero-order valence-electron chi connectivity index (χ0n) is 13.5. The minimum Gasteiger partial charge on any atom is -0.357 e. The minimum absolute atomic E-state index is 0.142. The van der Waals surface area contributed by atoms with E-state index >= 15 is 0 Å². The van der Waals surface area contributed by atoms with Gasteiger partial charge >= 0.3 is 0 Å². The summed E-state index contributed by atoms with van der Waals surface area (Å²) in [5, 5.41) is 5.26. The number of nitrogens with one attached hydrogen (secondary N) is 4. The first-order chi connectivity index (χ1) is 12.5. The van der Waals surface area contributed by atoms with Crippen LogP contribution < -0.4 is 21.5 Å². The Hall–Kier alpha value is -3.07. The highest BCUT2D eigenvalue weighted by Crippen LogP contribution is 2.05. The molecule has 0 heterocycles. The lowest BCUT2D eigenvalue weighted by atomic mass is 10.2. The Bertz CT molecular complexity index is 800. The lowest BCUT2D eigenvalue weighted by molar-refractivity contribution is -0.120. The summed E-state index contributed by atoms with van der Waals surface area (Å²) in [6.07, 6.45) is 0. The molecule has 0 aliphatic carbocycles. The maximum absolute atomic E-state index is 13.4. The molecule has 2 aromatic carbocycles. The van der Waals surface area contributed by atoms with E-state index in [1.54, 1.807) is 12.1 Å². The van der Waals surface area contributed by atoms with Gasteiger partial charge in [-0.05, 0) is 42.0 Å². The van der Waals surface area contributed by atoms with Crippen LogP contribution in [-0.4, -0.2) is 23.5 Å². The minimum atomic E-state index is -0.699. The van der Waals surface area contributed by atoms with E-state index in [4.69, 9.17) is 12.2 Å². The second kappa shape index (κ2) is 9.42. The number of hydrogen-bond donors (Lipinski definition) is 4. The van der Waals surface area contributed by atoms with Gasteiger partial charge in [-0.2, -0.15) is 0 Å². The van der Waals surface area contributed by atoms with Crippen LogP contribution in [0.4, 0.5) is 8.78 Å². The van der Waals surface area contributed by atoms with Gasteiger partial charge < -0.3 is 10.6 Å². The average Bonchev–Trinajstić information content (AvgIpc) is 2.64. The van der Waals surface area contributed by atoms with Gasteiger partial charge in [0, 0.05) is 6.54 Å². The second-order valence-corrected chi connectivity index (χ2v) is 5.55. The van der Waals surface area contributed by atoms with Crippen LogP contribution in [0.25, 0.3) is 0 Å². The van der Waals surface area contributed by atoms with Crippen molar-refractivity contribution in [2.24, 2.45) is 0 Å². The van der Waals surface area contributed by atoms with Gasteiger partial charge in [0.25, 0.3) is 11.8 Å². The topological polar surface area (TPSA) is 82.3 Å². The summed E-state index contributed by atoms with van der Waals surface area (Å²) in [4.78, 5) is 23.4. The Morgan fingerprint density at radius 1 is 0.923 bits per heavy atom. The molecule has 9 heteroatoms. The van der Waals surface area contributed by atoms with Crippen molar-refractivity contribution in [1.82, 2.24) is 21.5 Å². The molecular formula is C17H16F2N4O2S. The molecule has 26 heavy (non-hydrogen) atoms. The fourth-order valence-electron chi connectivity index (χ4n) is 1.90. The van der Waals surface area contributed by atoms with Crippen molar-refractivity contribution >= 4 is 29.1 Å². The van der Waals surface area contributed by atoms with Gasteiger partial charge in [-0.15, -0.1) is 0 Å². The smallest absolute Gasteiger partial charge is 0.257 e. The lowest BCUT2D eigenvalue weighted by Gasteiger charge is -2.12. The van der Waals surface area contributed by atoms with Gasteiger partial charge in [-0.1, -0.05) is 24.3 Å². The van der Waals surface area contributed by atoms with Crippen LogP contribution in [0.1, 0.15) is 15.9 Å². The Morgan fingerprint density at radius 2 is 1.62 bits per heavy atom. The maximum Gasteiger partial charge on any atom is 0.257 e. The summed E-state index contributed by atoms with van der Waals surface area (Å²) >= 11 is 4.98. The van der Waals surface area contributed by atoms with Gasteiger partial charge in [-0.3, -0.25) is 20.4 Å². The van der Waals surface area contributed by atoms with Crippen LogP contribution in [-0.2, 0) is 11.3 Å². The van der Waals surface area contributed by atoms with Gasteiger partial charge in [0.05, 0.1) is 12.1 Å². The highest BCUT2D eigenvalue weighted by molar-refractivity contribution is 7.80.